The number of aromatic nitrogens is 2. The first kappa shape index (κ1) is 12.1. The molecule has 3 nitrogen and oxygen atoms in total. The highest BCUT2D eigenvalue weighted by Crippen LogP contribution is 2.24. The first-order valence-electron chi connectivity index (χ1n) is 6.49. The van der Waals surface area contributed by atoms with Crippen LogP contribution in [0.3, 0.4) is 0 Å². The van der Waals surface area contributed by atoms with E-state index >= 15 is 0 Å². The van der Waals surface area contributed by atoms with E-state index in [2.05, 4.69) is 5.10 Å². The molecule has 2 aromatic rings. The zero-order valence-electron chi connectivity index (χ0n) is 10.8. The minimum atomic E-state index is -0.238. The summed E-state index contributed by atoms with van der Waals surface area (Å²) in [4.78, 5) is 11.9. The molecule has 1 aliphatic rings. The number of carbonyl (C=O) groups is 1. The van der Waals surface area contributed by atoms with Gasteiger partial charge in [0.05, 0.1) is 17.8 Å². The van der Waals surface area contributed by atoms with Crippen molar-refractivity contribution in [2.45, 2.75) is 32.7 Å². The van der Waals surface area contributed by atoms with Gasteiger partial charge in [-0.05, 0) is 37.5 Å². The maximum absolute atomic E-state index is 12.9. The third-order valence-electron chi connectivity index (χ3n) is 3.57. The van der Waals surface area contributed by atoms with Gasteiger partial charge in [0, 0.05) is 12.1 Å². The van der Waals surface area contributed by atoms with Crippen molar-refractivity contribution in [3.8, 4) is 0 Å². The molecule has 1 aromatic heterocycles. The molecule has 0 radical (unpaired) electrons. The number of fused-ring (bicyclic) bond motifs is 1. The second kappa shape index (κ2) is 4.61. The lowest BCUT2D eigenvalue weighted by Gasteiger charge is -2.13. The van der Waals surface area contributed by atoms with Crippen molar-refractivity contribution in [1.82, 2.24) is 9.78 Å². The molecule has 0 saturated heterocycles. The average Bonchev–Trinajstić information content (AvgIpc) is 2.70. The third kappa shape index (κ3) is 2.18. The first-order chi connectivity index (χ1) is 9.15. The van der Waals surface area contributed by atoms with Gasteiger partial charge < -0.3 is 0 Å². The first-order valence-corrected chi connectivity index (χ1v) is 6.49. The van der Waals surface area contributed by atoms with Gasteiger partial charge in [-0.25, -0.2) is 4.39 Å². The molecule has 0 amide bonds. The largest absolute Gasteiger partial charge is 0.294 e. The number of hydrogen-bond donors (Lipinski definition) is 0. The SMILES string of the molecule is Cc1nn(Cc2ccc(F)cc2)c2c1C(=O)CCC2. The van der Waals surface area contributed by atoms with Crippen LogP contribution in [0.4, 0.5) is 4.39 Å². The Bertz CT molecular complexity index is 628. The number of benzene rings is 1. The number of aryl methyl sites for hydroxylation is 1. The Labute approximate surface area is 111 Å². The number of halogens is 1. The van der Waals surface area contributed by atoms with E-state index in [-0.39, 0.29) is 11.6 Å². The number of ketones is 1. The van der Waals surface area contributed by atoms with Crippen LogP contribution >= 0.6 is 0 Å². The summed E-state index contributed by atoms with van der Waals surface area (Å²) < 4.78 is 14.8. The molecule has 0 saturated carbocycles. The van der Waals surface area contributed by atoms with Crippen molar-refractivity contribution in [3.05, 3.63) is 52.6 Å². The Morgan fingerprint density at radius 1 is 1.26 bits per heavy atom. The molecule has 1 heterocycles. The molecule has 0 aliphatic heterocycles. The molecule has 3 rings (SSSR count). The number of rotatable bonds is 2. The summed E-state index contributed by atoms with van der Waals surface area (Å²) in [6.07, 6.45) is 2.40. The molecule has 98 valence electrons. The Balaban J connectivity index is 1.96. The van der Waals surface area contributed by atoms with E-state index in [0.29, 0.717) is 13.0 Å². The van der Waals surface area contributed by atoms with Crippen molar-refractivity contribution in [3.63, 3.8) is 0 Å². The molecule has 0 bridgehead atoms. The summed E-state index contributed by atoms with van der Waals surface area (Å²) in [5, 5.41) is 4.46. The van der Waals surface area contributed by atoms with Crippen LogP contribution in [0.15, 0.2) is 24.3 Å². The molecule has 0 spiro atoms. The van der Waals surface area contributed by atoms with Crippen LogP contribution in [-0.4, -0.2) is 15.6 Å². The highest BCUT2D eigenvalue weighted by Gasteiger charge is 2.24. The zero-order valence-corrected chi connectivity index (χ0v) is 10.8. The number of nitrogens with zero attached hydrogens (tertiary/aromatic N) is 2. The van der Waals surface area contributed by atoms with Crippen LogP contribution in [0, 0.1) is 12.7 Å². The van der Waals surface area contributed by atoms with Gasteiger partial charge in [-0.1, -0.05) is 12.1 Å². The monoisotopic (exact) mass is 258 g/mol. The zero-order chi connectivity index (χ0) is 13.4. The molecule has 19 heavy (non-hydrogen) atoms. The number of carbonyl (C=O) groups excluding carboxylic acids is 1. The summed E-state index contributed by atoms with van der Waals surface area (Å²) in [7, 11) is 0. The second-order valence-corrected chi connectivity index (χ2v) is 4.97. The van der Waals surface area contributed by atoms with Gasteiger partial charge in [-0.2, -0.15) is 5.10 Å². The predicted molar refractivity (Wildman–Crippen MR) is 69.7 cm³/mol. The molecule has 0 fully saturated rings. The quantitative estimate of drug-likeness (QED) is 0.830. The highest BCUT2D eigenvalue weighted by atomic mass is 19.1. The van der Waals surface area contributed by atoms with Crippen molar-refractivity contribution in [2.24, 2.45) is 0 Å². The van der Waals surface area contributed by atoms with Gasteiger partial charge in [-0.3, -0.25) is 9.48 Å². The Morgan fingerprint density at radius 3 is 2.74 bits per heavy atom. The summed E-state index contributed by atoms with van der Waals surface area (Å²) in [6, 6.07) is 6.40. The molecule has 0 N–H and O–H groups in total. The summed E-state index contributed by atoms with van der Waals surface area (Å²) in [5.74, 6) is -0.0401. The number of Topliss-reactive ketones (excluding diaryl/α,β-unsaturated/α-hetero) is 1. The Hall–Kier alpha value is -1.97. The fraction of sp³-hybridized carbons (Fsp3) is 0.333. The maximum Gasteiger partial charge on any atom is 0.166 e. The molecule has 1 aliphatic carbocycles. The lowest BCUT2D eigenvalue weighted by atomic mass is 9.95. The van der Waals surface area contributed by atoms with Crippen LogP contribution in [-0.2, 0) is 13.0 Å². The second-order valence-electron chi connectivity index (χ2n) is 4.97. The van der Waals surface area contributed by atoms with Crippen molar-refractivity contribution >= 4 is 5.78 Å². The van der Waals surface area contributed by atoms with Crippen molar-refractivity contribution < 1.29 is 9.18 Å². The van der Waals surface area contributed by atoms with Gasteiger partial charge >= 0.3 is 0 Å². The fourth-order valence-electron chi connectivity index (χ4n) is 2.68. The molecular weight excluding hydrogens is 243 g/mol. The molecule has 0 unspecified atom stereocenters. The minimum Gasteiger partial charge on any atom is -0.294 e. The van der Waals surface area contributed by atoms with Crippen LogP contribution in [0.25, 0.3) is 0 Å². The van der Waals surface area contributed by atoms with Crippen LogP contribution in [0.2, 0.25) is 0 Å². The Kier molecular flexibility index (Phi) is 2.93. The minimum absolute atomic E-state index is 0.198. The normalized spacial score (nSPS) is 14.5. The van der Waals surface area contributed by atoms with E-state index in [1.165, 1.54) is 12.1 Å². The van der Waals surface area contributed by atoms with E-state index in [1.807, 2.05) is 11.6 Å². The van der Waals surface area contributed by atoms with Gasteiger partial charge in [0.15, 0.2) is 5.78 Å². The molecular formula is C15H15FN2O. The lowest BCUT2D eigenvalue weighted by Crippen LogP contribution is -2.14. The molecule has 1 aromatic carbocycles. The standard InChI is InChI=1S/C15H15FN2O/c1-10-15-13(3-2-4-14(15)19)18(17-10)9-11-5-7-12(16)8-6-11/h5-8H,2-4,9H2,1H3. The van der Waals surface area contributed by atoms with Crippen LogP contribution < -0.4 is 0 Å². The lowest BCUT2D eigenvalue weighted by molar-refractivity contribution is 0.0971. The van der Waals surface area contributed by atoms with E-state index < -0.39 is 0 Å². The Morgan fingerprint density at radius 2 is 2.00 bits per heavy atom. The van der Waals surface area contributed by atoms with E-state index in [4.69, 9.17) is 0 Å². The van der Waals surface area contributed by atoms with Gasteiger partial charge in [0.2, 0.25) is 0 Å². The predicted octanol–water partition coefficient (Wildman–Crippen LogP) is 2.90. The van der Waals surface area contributed by atoms with E-state index in [9.17, 15) is 9.18 Å². The average molecular weight is 258 g/mol. The molecule has 0 atom stereocenters. The van der Waals surface area contributed by atoms with Crippen LogP contribution in [0.1, 0.15) is 40.2 Å². The summed E-state index contributed by atoms with van der Waals surface area (Å²) in [6.45, 7) is 2.47. The topological polar surface area (TPSA) is 34.9 Å². The van der Waals surface area contributed by atoms with Gasteiger partial charge in [0.25, 0.3) is 0 Å². The smallest absolute Gasteiger partial charge is 0.166 e. The highest BCUT2D eigenvalue weighted by molar-refractivity contribution is 5.99. The van der Waals surface area contributed by atoms with Gasteiger partial charge in [0.1, 0.15) is 5.82 Å². The van der Waals surface area contributed by atoms with Crippen molar-refractivity contribution in [2.75, 3.05) is 0 Å². The molecule has 4 heteroatoms. The van der Waals surface area contributed by atoms with E-state index in [1.54, 1.807) is 12.1 Å². The van der Waals surface area contributed by atoms with E-state index in [0.717, 1.165) is 35.4 Å². The summed E-state index contributed by atoms with van der Waals surface area (Å²) >= 11 is 0. The van der Waals surface area contributed by atoms with Gasteiger partial charge in [-0.15, -0.1) is 0 Å². The third-order valence-corrected chi connectivity index (χ3v) is 3.57. The fourth-order valence-corrected chi connectivity index (χ4v) is 2.68. The summed E-state index contributed by atoms with van der Waals surface area (Å²) in [5.41, 5.74) is 3.62. The number of hydrogen-bond acceptors (Lipinski definition) is 2. The maximum atomic E-state index is 12.9. The van der Waals surface area contributed by atoms with Crippen molar-refractivity contribution in [1.29, 1.82) is 0 Å². The van der Waals surface area contributed by atoms with Crippen LogP contribution in [0.5, 0.6) is 0 Å².